The second kappa shape index (κ2) is 8.73. The smallest absolute Gasteiger partial charge is 0.0569 e. The van der Waals surface area contributed by atoms with E-state index in [0.717, 1.165) is 38.4 Å². The number of hydrogen-bond donors (Lipinski definition) is 0. The van der Waals surface area contributed by atoms with E-state index < -0.39 is 0 Å². The Morgan fingerprint density at radius 1 is 1.19 bits per heavy atom. The van der Waals surface area contributed by atoms with Gasteiger partial charge in [-0.05, 0) is 51.8 Å². The third kappa shape index (κ3) is 4.99. The molecule has 146 valence electrons. The second-order valence-corrected chi connectivity index (χ2v) is 8.74. The predicted octanol–water partition coefficient (Wildman–Crippen LogP) is 3.14. The largest absolute Gasteiger partial charge is 0.380 e. The molecule has 3 rings (SSSR count). The third-order valence-electron chi connectivity index (χ3n) is 6.33. The first kappa shape index (κ1) is 19.7. The van der Waals surface area contributed by atoms with Gasteiger partial charge >= 0.3 is 0 Å². The molecule has 0 amide bonds. The summed E-state index contributed by atoms with van der Waals surface area (Å²) in [7, 11) is 2.15. The normalized spacial score (nSPS) is 23.8. The SMILES string of the molecule is C=C(/C=C\C(=C)N(C)CCC(C)N1CCCC1)CCN1CC2(COC2)C1. The Balaban J connectivity index is 1.29. The summed E-state index contributed by atoms with van der Waals surface area (Å²) >= 11 is 0. The highest BCUT2D eigenvalue weighted by molar-refractivity contribution is 5.23. The molecule has 0 bridgehead atoms. The first-order valence-corrected chi connectivity index (χ1v) is 10.3. The van der Waals surface area contributed by atoms with Gasteiger partial charge in [0, 0.05) is 50.4 Å². The Morgan fingerprint density at radius 3 is 2.50 bits per heavy atom. The van der Waals surface area contributed by atoms with E-state index in [1.54, 1.807) is 0 Å². The van der Waals surface area contributed by atoms with Gasteiger partial charge in [0.25, 0.3) is 0 Å². The zero-order valence-electron chi connectivity index (χ0n) is 16.9. The molecule has 1 atom stereocenters. The molecule has 3 aliphatic heterocycles. The maximum atomic E-state index is 5.33. The van der Waals surface area contributed by atoms with E-state index in [1.165, 1.54) is 51.0 Å². The van der Waals surface area contributed by atoms with Crippen molar-refractivity contribution in [3.05, 3.63) is 36.6 Å². The monoisotopic (exact) mass is 359 g/mol. The lowest BCUT2D eigenvalue weighted by Gasteiger charge is -2.55. The molecule has 3 fully saturated rings. The molecule has 26 heavy (non-hydrogen) atoms. The average molecular weight is 360 g/mol. The van der Waals surface area contributed by atoms with Gasteiger partial charge < -0.3 is 19.4 Å². The van der Waals surface area contributed by atoms with Gasteiger partial charge in [-0.2, -0.15) is 0 Å². The Morgan fingerprint density at radius 2 is 1.88 bits per heavy atom. The van der Waals surface area contributed by atoms with Crippen LogP contribution in [-0.2, 0) is 4.74 Å². The summed E-state index contributed by atoms with van der Waals surface area (Å²) in [6.07, 6.45) is 9.24. The lowest BCUT2D eigenvalue weighted by Crippen LogP contribution is -2.65. The van der Waals surface area contributed by atoms with Crippen LogP contribution in [-0.4, -0.2) is 80.3 Å². The second-order valence-electron chi connectivity index (χ2n) is 8.74. The van der Waals surface area contributed by atoms with Crippen molar-refractivity contribution in [3.8, 4) is 0 Å². The molecular formula is C22H37N3O. The number of hydrogen-bond acceptors (Lipinski definition) is 4. The van der Waals surface area contributed by atoms with E-state index in [9.17, 15) is 0 Å². The van der Waals surface area contributed by atoms with Gasteiger partial charge in [-0.25, -0.2) is 0 Å². The van der Waals surface area contributed by atoms with Crippen LogP contribution >= 0.6 is 0 Å². The van der Waals surface area contributed by atoms with Crippen LogP contribution in [0.25, 0.3) is 0 Å². The van der Waals surface area contributed by atoms with Crippen LogP contribution in [0.3, 0.4) is 0 Å². The molecule has 0 aromatic rings. The molecule has 1 unspecified atom stereocenters. The molecule has 3 saturated heterocycles. The molecule has 3 heterocycles. The average Bonchev–Trinajstić information content (AvgIpc) is 3.09. The minimum atomic E-state index is 0.514. The minimum Gasteiger partial charge on any atom is -0.380 e. The van der Waals surface area contributed by atoms with Crippen LogP contribution < -0.4 is 0 Å². The Bertz CT molecular complexity index is 524. The highest BCUT2D eigenvalue weighted by atomic mass is 16.5. The maximum absolute atomic E-state index is 5.33. The molecule has 0 saturated carbocycles. The van der Waals surface area contributed by atoms with Crippen molar-refractivity contribution in [1.82, 2.24) is 14.7 Å². The molecule has 4 nitrogen and oxygen atoms in total. The molecule has 0 aromatic heterocycles. The van der Waals surface area contributed by atoms with E-state index in [-0.39, 0.29) is 0 Å². The molecule has 4 heteroatoms. The standard InChI is InChI=1S/C22H37N3O/c1-19(9-14-24-15-22(16-24)17-26-18-22)7-8-20(2)23(4)13-10-21(3)25-11-5-6-12-25/h7-8,21H,1-2,5-6,9-18H2,3-4H3/b8-7-. The van der Waals surface area contributed by atoms with Crippen LogP contribution in [0.2, 0.25) is 0 Å². The van der Waals surface area contributed by atoms with Crippen molar-refractivity contribution in [3.63, 3.8) is 0 Å². The summed E-state index contributed by atoms with van der Waals surface area (Å²) < 4.78 is 5.33. The first-order valence-electron chi connectivity index (χ1n) is 10.3. The summed E-state index contributed by atoms with van der Waals surface area (Å²) in [5, 5.41) is 0. The lowest BCUT2D eigenvalue weighted by molar-refractivity contribution is -0.188. The summed E-state index contributed by atoms with van der Waals surface area (Å²) in [6, 6.07) is 0.674. The summed E-state index contributed by atoms with van der Waals surface area (Å²) in [4.78, 5) is 7.40. The quantitative estimate of drug-likeness (QED) is 0.558. The van der Waals surface area contributed by atoms with E-state index in [0.29, 0.717) is 11.5 Å². The van der Waals surface area contributed by atoms with Crippen LogP contribution in [0.4, 0.5) is 0 Å². The highest BCUT2D eigenvalue weighted by Gasteiger charge is 2.48. The number of nitrogens with zero attached hydrogens (tertiary/aromatic N) is 3. The predicted molar refractivity (Wildman–Crippen MR) is 109 cm³/mol. The zero-order valence-corrected chi connectivity index (χ0v) is 16.9. The van der Waals surface area contributed by atoms with Crippen molar-refractivity contribution in [2.24, 2.45) is 5.41 Å². The van der Waals surface area contributed by atoms with Gasteiger partial charge in [-0.3, -0.25) is 0 Å². The number of likely N-dealkylation sites (tertiary alicyclic amines) is 2. The molecule has 1 spiro atoms. The number of likely N-dealkylation sites (N-methyl/N-ethyl adjacent to an activating group) is 1. The van der Waals surface area contributed by atoms with Gasteiger partial charge in [0.05, 0.1) is 13.2 Å². The molecule has 0 aromatic carbocycles. The molecule has 0 aliphatic carbocycles. The maximum Gasteiger partial charge on any atom is 0.0569 e. The van der Waals surface area contributed by atoms with E-state index in [2.05, 4.69) is 54.0 Å². The fourth-order valence-corrected chi connectivity index (χ4v) is 4.25. The summed E-state index contributed by atoms with van der Waals surface area (Å²) in [5.74, 6) is 0. The molecule has 3 aliphatic rings. The van der Waals surface area contributed by atoms with Crippen LogP contribution in [0.5, 0.6) is 0 Å². The minimum absolute atomic E-state index is 0.514. The molecular weight excluding hydrogens is 322 g/mol. The number of ether oxygens (including phenoxy) is 1. The first-order chi connectivity index (χ1) is 12.5. The van der Waals surface area contributed by atoms with Gasteiger partial charge in [0.15, 0.2) is 0 Å². The van der Waals surface area contributed by atoms with Crippen molar-refractivity contribution in [1.29, 1.82) is 0 Å². The molecule has 0 radical (unpaired) electrons. The van der Waals surface area contributed by atoms with Gasteiger partial charge in [0.2, 0.25) is 0 Å². The number of rotatable bonds is 10. The van der Waals surface area contributed by atoms with Gasteiger partial charge in [0.1, 0.15) is 0 Å². The topological polar surface area (TPSA) is 19.0 Å². The Labute approximate surface area is 160 Å². The molecule has 0 N–H and O–H groups in total. The van der Waals surface area contributed by atoms with E-state index in [4.69, 9.17) is 4.74 Å². The van der Waals surface area contributed by atoms with Gasteiger partial charge in [-0.1, -0.05) is 24.8 Å². The van der Waals surface area contributed by atoms with Crippen LogP contribution in [0, 0.1) is 5.41 Å². The zero-order chi connectivity index (χ0) is 18.6. The van der Waals surface area contributed by atoms with Crippen molar-refractivity contribution >= 4 is 0 Å². The van der Waals surface area contributed by atoms with Crippen LogP contribution in [0.15, 0.2) is 36.6 Å². The van der Waals surface area contributed by atoms with Crippen molar-refractivity contribution in [2.75, 3.05) is 59.5 Å². The summed E-state index contributed by atoms with van der Waals surface area (Å²) in [5.41, 5.74) is 2.78. The Hall–Kier alpha value is -1.10. The summed E-state index contributed by atoms with van der Waals surface area (Å²) in [6.45, 7) is 19.8. The Kier molecular flexibility index (Phi) is 6.60. The number of allylic oxidation sites excluding steroid dienone is 2. The van der Waals surface area contributed by atoms with E-state index >= 15 is 0 Å². The van der Waals surface area contributed by atoms with Crippen molar-refractivity contribution in [2.45, 2.75) is 38.6 Å². The fourth-order valence-electron chi connectivity index (χ4n) is 4.25. The van der Waals surface area contributed by atoms with E-state index in [1.807, 2.05) is 0 Å². The fraction of sp³-hybridized carbons (Fsp3) is 0.727. The van der Waals surface area contributed by atoms with Crippen molar-refractivity contribution < 1.29 is 4.74 Å². The lowest BCUT2D eigenvalue weighted by atomic mass is 9.78. The third-order valence-corrected chi connectivity index (χ3v) is 6.33. The van der Waals surface area contributed by atoms with Crippen LogP contribution in [0.1, 0.15) is 32.6 Å². The van der Waals surface area contributed by atoms with Gasteiger partial charge in [-0.15, -0.1) is 0 Å². The highest BCUT2D eigenvalue weighted by Crippen LogP contribution is 2.37.